The first-order valence-electron chi connectivity index (χ1n) is 47.2. The van der Waals surface area contributed by atoms with Crippen LogP contribution in [0.1, 0.15) is 45.8 Å². The first-order chi connectivity index (χ1) is 70.7. The number of benzene rings is 16. The summed E-state index contributed by atoms with van der Waals surface area (Å²) in [5.41, 5.74) is 35.9. The van der Waals surface area contributed by atoms with E-state index in [2.05, 4.69) is 321 Å². The number of para-hydroxylation sites is 4. The topological polar surface area (TPSA) is 179 Å². The van der Waals surface area contributed by atoms with Crippen LogP contribution >= 0.6 is 0 Å². The van der Waals surface area contributed by atoms with Crippen molar-refractivity contribution >= 4 is 0 Å². The third kappa shape index (κ3) is 29.2. The van der Waals surface area contributed by atoms with E-state index in [0.717, 1.165) is 136 Å². The SMILES string of the molecule is Cc1nc(C)c(-c2[c-]cccc2)[n-]1.Cc1nc(C)c(-c2[c-]cccc2)[n-]1.Cc1nn(-c2[c-]cccc2)c(C)c1-c1ccc(-c2ccccc2)cc1.Cc1nn(-c2[c-]cccc2)c(C)c1-c1ccc(-c2ccccc2)cc1.[Pt].[Pt].[Pt].[Pt].[c-]1ccccc1-c1ccn[n-]1.[c-]1ccccc1-c1ncc[n-]1.[c-]1ccccc1-n1cc(-c2ccc(-c3ccccc3)cc2)cn1.[c-]1ccccc1-n1cc(-c2ccc(-c3ccccc3)cc2)cn1. The summed E-state index contributed by atoms with van der Waals surface area (Å²) < 4.78 is 7.63. The fraction of sp³-hybridized carbons (Fsp3) is 0.0625. The second kappa shape index (κ2) is 55.3. The molecule has 0 bridgehead atoms. The summed E-state index contributed by atoms with van der Waals surface area (Å²) in [4.78, 5) is 25.3. The van der Waals surface area contributed by atoms with Crippen molar-refractivity contribution in [1.29, 1.82) is 0 Å². The molecule has 744 valence electrons. The van der Waals surface area contributed by atoms with Gasteiger partial charge in [-0.05, 0) is 137 Å². The molecule has 0 radical (unpaired) electrons. The van der Waals surface area contributed by atoms with Crippen molar-refractivity contribution in [1.82, 2.24) is 79.2 Å². The molecule has 0 spiro atoms. The number of aromatic nitrogens is 16. The van der Waals surface area contributed by atoms with Gasteiger partial charge in [0.05, 0.1) is 23.8 Å². The maximum absolute atomic E-state index is 4.72. The van der Waals surface area contributed by atoms with Gasteiger partial charge in [0.15, 0.2) is 0 Å². The van der Waals surface area contributed by atoms with Crippen LogP contribution in [0.4, 0.5) is 0 Å². The molecular weight excluding hydrogens is 2540 g/mol. The van der Waals surface area contributed by atoms with Gasteiger partial charge in [0.1, 0.15) is 0 Å². The third-order valence-electron chi connectivity index (χ3n) is 23.4. The van der Waals surface area contributed by atoms with Crippen LogP contribution in [0.25, 0.3) is 157 Å². The number of imidazole rings is 3. The zero-order valence-corrected chi connectivity index (χ0v) is 91.4. The maximum Gasteiger partial charge on any atom is 0.0678 e. The van der Waals surface area contributed by atoms with Crippen molar-refractivity contribution < 1.29 is 84.3 Å². The molecule has 148 heavy (non-hydrogen) atoms. The normalized spacial score (nSPS) is 10.2. The van der Waals surface area contributed by atoms with Gasteiger partial charge in [-0.2, -0.15) is 129 Å². The molecule has 8 heterocycles. The van der Waals surface area contributed by atoms with Gasteiger partial charge in [0.2, 0.25) is 0 Å². The van der Waals surface area contributed by atoms with Crippen LogP contribution in [0.2, 0.25) is 0 Å². The molecule has 0 aliphatic rings. The Morgan fingerprint density at radius 3 is 0.811 bits per heavy atom. The van der Waals surface area contributed by atoms with Crippen LogP contribution < -0.4 is 20.1 Å². The summed E-state index contributed by atoms with van der Waals surface area (Å²) in [6.45, 7) is 16.1. The predicted octanol–water partition coefficient (Wildman–Crippen LogP) is 28.5. The molecule has 0 aliphatic carbocycles. The number of hydrogen-bond donors (Lipinski definition) is 0. The largest absolute Gasteiger partial charge is 0.619 e. The molecule has 8 aromatic heterocycles. The van der Waals surface area contributed by atoms with Gasteiger partial charge >= 0.3 is 0 Å². The average molecular weight is 2640 g/mol. The van der Waals surface area contributed by atoms with Crippen molar-refractivity contribution in [3.8, 4) is 157 Å². The van der Waals surface area contributed by atoms with E-state index in [9.17, 15) is 0 Å². The Bertz CT molecular complexity index is 7490. The van der Waals surface area contributed by atoms with Crippen molar-refractivity contribution in [3.63, 3.8) is 0 Å². The summed E-state index contributed by atoms with van der Waals surface area (Å²) >= 11 is 0. The Kier molecular flexibility index (Phi) is 40.8. The Hall–Kier alpha value is -16.0. The molecule has 20 heteroatoms. The molecule has 24 rings (SSSR count). The molecular formula is C128H100N16Pt4-12. The Labute approximate surface area is 923 Å². The Morgan fingerprint density at radius 2 is 0.534 bits per heavy atom. The minimum absolute atomic E-state index is 0. The molecule has 16 aromatic carbocycles. The molecule has 0 fully saturated rings. The van der Waals surface area contributed by atoms with Crippen molar-refractivity contribution in [2.75, 3.05) is 0 Å². The smallest absolute Gasteiger partial charge is 0.0678 e. The zero-order valence-electron chi connectivity index (χ0n) is 82.3. The third-order valence-corrected chi connectivity index (χ3v) is 23.4. The minimum atomic E-state index is 0. The van der Waals surface area contributed by atoms with E-state index in [0.29, 0.717) is 0 Å². The fourth-order valence-electron chi connectivity index (χ4n) is 16.3. The second-order valence-electron chi connectivity index (χ2n) is 33.3. The number of rotatable bonds is 16. The molecule has 0 N–H and O–H groups in total. The van der Waals surface area contributed by atoms with Crippen LogP contribution in [0.5, 0.6) is 0 Å². The molecule has 0 saturated carbocycles. The summed E-state index contributed by atoms with van der Waals surface area (Å²) in [5, 5.41) is 25.9. The van der Waals surface area contributed by atoms with Gasteiger partial charge in [0, 0.05) is 130 Å². The van der Waals surface area contributed by atoms with Gasteiger partial charge < -0.3 is 40.1 Å². The Morgan fingerprint density at radius 1 is 0.250 bits per heavy atom. The second-order valence-corrected chi connectivity index (χ2v) is 33.3. The standard InChI is InChI=1S/2C23H19N2.2C21H15N2.2C11H10N2.2C9H6N2.4Pt/c2*1-17-23(18(2)25(24-17)22-11-7-4-8-12-22)21-15-13-20(14-16-21)19-9-5-3-6-10-19;2*1-3-7-17(8-4-1)18-11-13-19(14-12-18)20-15-22-23(16-20)21-9-5-2-6-10-21;2*1-8-11(13-9(2)12-8)10-6-4-3-5-7-10;1-2-4-8(5-3-1)9-10-6-7-11-9;1-2-4-8(5-3-1)9-6-7-10-11-9;;;;/h2*3-11,13-16H,1-2H3;2*1-9,11-16H;2*3-6H,1-2H3;2*1-4,6-7H;;;;/q4*-1;4*-2;;;;. The molecule has 24 aromatic rings. The van der Waals surface area contributed by atoms with Crippen LogP contribution in [0.15, 0.2) is 462 Å². The van der Waals surface area contributed by atoms with Gasteiger partial charge in [-0.3, -0.25) is 18.7 Å². The van der Waals surface area contributed by atoms with Crippen molar-refractivity contribution in [2.24, 2.45) is 0 Å². The van der Waals surface area contributed by atoms with E-state index in [1.54, 1.807) is 18.6 Å². The van der Waals surface area contributed by atoms with Crippen LogP contribution in [-0.4, -0.2) is 59.2 Å². The summed E-state index contributed by atoms with van der Waals surface area (Å²) in [5.74, 6) is 2.39. The zero-order chi connectivity index (χ0) is 99.0. The first kappa shape index (κ1) is 109. The summed E-state index contributed by atoms with van der Waals surface area (Å²) in [6.07, 6.45) is 12.9. The molecule has 16 nitrogen and oxygen atoms in total. The van der Waals surface area contributed by atoms with E-state index in [1.165, 1.54) is 66.8 Å². The maximum atomic E-state index is 4.72. The van der Waals surface area contributed by atoms with E-state index in [1.807, 2.05) is 296 Å². The summed E-state index contributed by atoms with van der Waals surface area (Å²) in [7, 11) is 0. The summed E-state index contributed by atoms with van der Waals surface area (Å²) in [6, 6.07) is 166. The minimum Gasteiger partial charge on any atom is -0.619 e. The van der Waals surface area contributed by atoms with Crippen LogP contribution in [-0.2, 0) is 84.3 Å². The van der Waals surface area contributed by atoms with Gasteiger partial charge in [0.25, 0.3) is 0 Å². The van der Waals surface area contributed by atoms with Crippen molar-refractivity contribution in [2.45, 2.75) is 55.4 Å². The van der Waals surface area contributed by atoms with Crippen molar-refractivity contribution in [3.05, 3.63) is 556 Å². The number of hydrogen-bond acceptors (Lipinski definition) is 8. The first-order valence-corrected chi connectivity index (χ1v) is 47.2. The molecule has 0 amide bonds. The van der Waals surface area contributed by atoms with E-state index >= 15 is 0 Å². The number of aryl methyl sites for hydroxylation is 6. The predicted molar refractivity (Wildman–Crippen MR) is 578 cm³/mol. The number of nitrogens with zero attached hydrogens (tertiary/aromatic N) is 16. The monoisotopic (exact) mass is 2640 g/mol. The van der Waals surface area contributed by atoms with Gasteiger partial charge in [-0.1, -0.05) is 256 Å². The van der Waals surface area contributed by atoms with Gasteiger partial charge in [-0.15, -0.1) is 191 Å². The van der Waals surface area contributed by atoms with Crippen LogP contribution in [0.3, 0.4) is 0 Å². The molecule has 0 atom stereocenters. The fourth-order valence-corrected chi connectivity index (χ4v) is 16.3. The van der Waals surface area contributed by atoms with Crippen LogP contribution in [0, 0.1) is 104 Å². The molecule has 0 saturated heterocycles. The van der Waals surface area contributed by atoms with E-state index in [-0.39, 0.29) is 84.3 Å². The van der Waals surface area contributed by atoms with Gasteiger partial charge in [-0.25, -0.2) is 5.69 Å². The average Bonchev–Trinajstić information content (AvgIpc) is 1.64. The molecule has 0 aliphatic heterocycles. The molecule has 0 unspecified atom stereocenters. The van der Waals surface area contributed by atoms with E-state index < -0.39 is 0 Å². The van der Waals surface area contributed by atoms with E-state index in [4.69, 9.17) is 10.2 Å². The quantitative estimate of drug-likeness (QED) is 0.0837. The Balaban J connectivity index is 0.000000143.